The largest absolute Gasteiger partial charge is 0.383 e. The van der Waals surface area contributed by atoms with Crippen molar-refractivity contribution >= 4 is 11.6 Å². The van der Waals surface area contributed by atoms with Crippen LogP contribution in [0.3, 0.4) is 0 Å². The maximum absolute atomic E-state index is 6.23. The molecule has 21 heavy (non-hydrogen) atoms. The molecule has 0 atom stereocenters. The smallest absolute Gasteiger partial charge is 0.0587 e. The highest BCUT2D eigenvalue weighted by molar-refractivity contribution is 6.30. The van der Waals surface area contributed by atoms with E-state index in [1.54, 1.807) is 7.11 Å². The van der Waals surface area contributed by atoms with Gasteiger partial charge < -0.3 is 10.1 Å². The van der Waals surface area contributed by atoms with Crippen LogP contribution in [0.25, 0.3) is 0 Å². The summed E-state index contributed by atoms with van der Waals surface area (Å²) in [6.45, 7) is 2.74. The molecule has 0 unspecified atom stereocenters. The highest BCUT2D eigenvalue weighted by atomic mass is 35.5. The summed E-state index contributed by atoms with van der Waals surface area (Å²) < 4.78 is 5.14. The predicted octanol–water partition coefficient (Wildman–Crippen LogP) is 4.17. The van der Waals surface area contributed by atoms with Gasteiger partial charge in [-0.3, -0.25) is 0 Å². The van der Waals surface area contributed by atoms with Gasteiger partial charge in [0.25, 0.3) is 0 Å². The molecule has 3 heteroatoms. The molecule has 0 saturated heterocycles. The van der Waals surface area contributed by atoms with Crippen molar-refractivity contribution in [3.05, 3.63) is 34.9 Å². The van der Waals surface area contributed by atoms with Crippen molar-refractivity contribution in [1.82, 2.24) is 5.32 Å². The second-order valence-corrected chi connectivity index (χ2v) is 7.46. The average molecular weight is 308 g/mol. The van der Waals surface area contributed by atoms with Crippen molar-refractivity contribution in [2.75, 3.05) is 26.8 Å². The first-order valence-corrected chi connectivity index (χ1v) is 8.52. The summed E-state index contributed by atoms with van der Waals surface area (Å²) in [6.07, 6.45) is 8.33. The fourth-order valence-electron chi connectivity index (χ4n) is 4.61. The normalized spacial score (nSPS) is 22.4. The molecule has 1 aromatic rings. The van der Waals surface area contributed by atoms with Crippen LogP contribution < -0.4 is 5.32 Å². The van der Waals surface area contributed by atoms with Crippen LogP contribution in [-0.2, 0) is 10.2 Å². The lowest BCUT2D eigenvalue weighted by molar-refractivity contribution is 0.0260. The maximum Gasteiger partial charge on any atom is 0.0587 e. The molecule has 2 aliphatic carbocycles. The Morgan fingerprint density at radius 1 is 1.24 bits per heavy atom. The number of methoxy groups -OCH3 is 1. The molecule has 2 aliphatic rings. The first-order chi connectivity index (χ1) is 10.2. The topological polar surface area (TPSA) is 21.3 Å². The Bertz CT molecular complexity index is 474. The monoisotopic (exact) mass is 307 g/mol. The Kier molecular flexibility index (Phi) is 4.58. The number of ether oxygens (including phenoxy) is 1. The second kappa shape index (κ2) is 6.28. The zero-order valence-corrected chi connectivity index (χ0v) is 13.7. The summed E-state index contributed by atoms with van der Waals surface area (Å²) in [7, 11) is 1.76. The average Bonchev–Trinajstić information content (AvgIpc) is 2.91. The summed E-state index contributed by atoms with van der Waals surface area (Å²) in [5, 5.41) is 4.44. The number of nitrogens with one attached hydrogen (secondary N) is 1. The zero-order chi connectivity index (χ0) is 14.8. The first-order valence-electron chi connectivity index (χ1n) is 8.14. The van der Waals surface area contributed by atoms with Crippen LogP contribution in [0, 0.1) is 5.41 Å². The molecule has 1 spiro atoms. The van der Waals surface area contributed by atoms with Crippen LogP contribution in [0.5, 0.6) is 0 Å². The number of rotatable bonds is 6. The summed E-state index contributed by atoms with van der Waals surface area (Å²) in [5.41, 5.74) is 2.33. The minimum atomic E-state index is 0.281. The summed E-state index contributed by atoms with van der Waals surface area (Å²) in [4.78, 5) is 0. The molecule has 1 N–H and O–H groups in total. The fourth-order valence-corrected chi connectivity index (χ4v) is 4.80. The van der Waals surface area contributed by atoms with Crippen LogP contribution in [-0.4, -0.2) is 26.8 Å². The van der Waals surface area contributed by atoms with Crippen molar-refractivity contribution in [3.63, 3.8) is 0 Å². The lowest BCUT2D eigenvalue weighted by atomic mass is 9.49. The Morgan fingerprint density at radius 3 is 2.67 bits per heavy atom. The van der Waals surface area contributed by atoms with Gasteiger partial charge in [0, 0.05) is 30.6 Å². The third-order valence-corrected chi connectivity index (χ3v) is 5.71. The van der Waals surface area contributed by atoms with E-state index >= 15 is 0 Å². The van der Waals surface area contributed by atoms with Crippen molar-refractivity contribution < 1.29 is 4.74 Å². The van der Waals surface area contributed by atoms with Gasteiger partial charge >= 0.3 is 0 Å². The minimum absolute atomic E-state index is 0.281. The van der Waals surface area contributed by atoms with E-state index in [1.807, 2.05) is 6.07 Å². The van der Waals surface area contributed by atoms with E-state index in [4.69, 9.17) is 16.3 Å². The van der Waals surface area contributed by atoms with Gasteiger partial charge in [0.1, 0.15) is 0 Å². The van der Waals surface area contributed by atoms with Crippen LogP contribution in [0.2, 0.25) is 5.02 Å². The van der Waals surface area contributed by atoms with E-state index in [1.165, 1.54) is 44.1 Å². The summed E-state index contributed by atoms with van der Waals surface area (Å²) >= 11 is 6.23. The summed E-state index contributed by atoms with van der Waals surface area (Å²) in [5.74, 6) is 0. The third-order valence-electron chi connectivity index (χ3n) is 5.47. The molecule has 0 radical (unpaired) electrons. The number of benzene rings is 1. The van der Waals surface area contributed by atoms with E-state index in [2.05, 4.69) is 23.5 Å². The highest BCUT2D eigenvalue weighted by Crippen LogP contribution is 2.62. The SMILES string of the molecule is COCCNCC1(c2cccc(Cl)c2)CC2(CCCC2)C1. The van der Waals surface area contributed by atoms with Gasteiger partial charge in [-0.15, -0.1) is 0 Å². The van der Waals surface area contributed by atoms with E-state index < -0.39 is 0 Å². The minimum Gasteiger partial charge on any atom is -0.383 e. The van der Waals surface area contributed by atoms with Gasteiger partial charge in [0.15, 0.2) is 0 Å². The van der Waals surface area contributed by atoms with Crippen molar-refractivity contribution in [2.45, 2.75) is 43.9 Å². The lowest BCUT2D eigenvalue weighted by Crippen LogP contribution is -2.54. The Hall–Kier alpha value is -0.570. The molecule has 1 aromatic carbocycles. The molecule has 0 aromatic heterocycles. The van der Waals surface area contributed by atoms with Gasteiger partial charge in [-0.25, -0.2) is 0 Å². The molecule has 0 heterocycles. The van der Waals surface area contributed by atoms with Gasteiger partial charge in [-0.05, 0) is 48.8 Å². The second-order valence-electron chi connectivity index (χ2n) is 7.02. The van der Waals surface area contributed by atoms with Crippen molar-refractivity contribution in [2.24, 2.45) is 5.41 Å². The maximum atomic E-state index is 6.23. The van der Waals surface area contributed by atoms with Gasteiger partial charge in [0.05, 0.1) is 6.61 Å². The van der Waals surface area contributed by atoms with Crippen LogP contribution in [0.4, 0.5) is 0 Å². The lowest BCUT2D eigenvalue weighted by Gasteiger charge is -2.56. The Morgan fingerprint density at radius 2 is 2.00 bits per heavy atom. The van der Waals surface area contributed by atoms with E-state index in [0.29, 0.717) is 5.41 Å². The molecule has 2 saturated carbocycles. The summed E-state index contributed by atoms with van der Waals surface area (Å²) in [6, 6.07) is 8.49. The molecule has 3 rings (SSSR count). The first kappa shape index (κ1) is 15.3. The number of halogens is 1. The van der Waals surface area contributed by atoms with Crippen LogP contribution in [0.15, 0.2) is 24.3 Å². The van der Waals surface area contributed by atoms with Crippen LogP contribution >= 0.6 is 11.6 Å². The molecule has 0 aliphatic heterocycles. The fraction of sp³-hybridized carbons (Fsp3) is 0.667. The van der Waals surface area contributed by atoms with Crippen LogP contribution in [0.1, 0.15) is 44.1 Å². The Labute approximate surface area is 133 Å². The van der Waals surface area contributed by atoms with E-state index in [0.717, 1.165) is 24.7 Å². The molecule has 2 nitrogen and oxygen atoms in total. The van der Waals surface area contributed by atoms with Gasteiger partial charge in [-0.2, -0.15) is 0 Å². The predicted molar refractivity (Wildman–Crippen MR) is 88.0 cm³/mol. The number of hydrogen-bond acceptors (Lipinski definition) is 2. The van der Waals surface area contributed by atoms with Crippen molar-refractivity contribution in [3.8, 4) is 0 Å². The third kappa shape index (κ3) is 3.13. The zero-order valence-electron chi connectivity index (χ0n) is 13.0. The van der Waals surface area contributed by atoms with E-state index in [-0.39, 0.29) is 5.41 Å². The Balaban J connectivity index is 1.73. The standard InChI is InChI=1S/C18H26ClNO/c1-21-10-9-20-14-18(15-5-4-6-16(19)11-15)12-17(13-18)7-2-3-8-17/h4-6,11,20H,2-3,7-10,12-14H2,1H3. The molecule has 0 amide bonds. The molecule has 0 bridgehead atoms. The quantitative estimate of drug-likeness (QED) is 0.797. The number of hydrogen-bond donors (Lipinski definition) is 1. The van der Waals surface area contributed by atoms with Gasteiger partial charge in [0.2, 0.25) is 0 Å². The van der Waals surface area contributed by atoms with E-state index in [9.17, 15) is 0 Å². The molecule has 116 valence electrons. The van der Waals surface area contributed by atoms with Gasteiger partial charge in [-0.1, -0.05) is 36.6 Å². The van der Waals surface area contributed by atoms with Crippen molar-refractivity contribution in [1.29, 1.82) is 0 Å². The molecular formula is C18H26ClNO. The molecule has 2 fully saturated rings. The molecular weight excluding hydrogens is 282 g/mol. The highest BCUT2D eigenvalue weighted by Gasteiger charge is 2.55.